The Hall–Kier alpha value is -0.690. The largest absolute Gasteiger partial charge is 0.462 e. The molecule has 0 unspecified atom stereocenters. The molecule has 1 saturated heterocycles. The Bertz CT molecular complexity index is 227. The van der Waals surface area contributed by atoms with Crippen molar-refractivity contribution in [2.24, 2.45) is 5.92 Å². The van der Waals surface area contributed by atoms with E-state index in [0.717, 1.165) is 0 Å². The number of aliphatic hydroxyl groups excluding tert-OH is 2. The van der Waals surface area contributed by atoms with Crippen molar-refractivity contribution in [3.8, 4) is 0 Å². The molecule has 3 atom stereocenters. The lowest BCUT2D eigenvalue weighted by Crippen LogP contribution is -2.34. The van der Waals surface area contributed by atoms with Crippen molar-refractivity contribution in [1.29, 1.82) is 0 Å². The number of esters is 1. The number of methoxy groups -OCH3 is 2. The Morgan fingerprint density at radius 2 is 2.12 bits per heavy atom. The molecule has 1 fully saturated rings. The molecule has 0 aromatic carbocycles. The molecule has 6 heteroatoms. The van der Waals surface area contributed by atoms with E-state index in [1.807, 2.05) is 0 Å². The summed E-state index contributed by atoms with van der Waals surface area (Å²) in [5.41, 5.74) is 0. The van der Waals surface area contributed by atoms with Gasteiger partial charge in [0.15, 0.2) is 6.29 Å². The van der Waals surface area contributed by atoms with Gasteiger partial charge < -0.3 is 24.4 Å². The molecule has 16 heavy (non-hydrogen) atoms. The van der Waals surface area contributed by atoms with Crippen LogP contribution in [-0.2, 0) is 19.0 Å². The van der Waals surface area contributed by atoms with Crippen molar-refractivity contribution in [3.05, 3.63) is 0 Å². The molecule has 94 valence electrons. The standard InChI is InChI=1S/C10H18O6/c1-14-10(15-2)4-8-6(7(12)5-11)3-9(13)16-8/h6-8,10-12H,3-5H2,1-2H3/t6-,7-,8-/m1/s1. The van der Waals surface area contributed by atoms with Crippen LogP contribution in [0.25, 0.3) is 0 Å². The molecule has 0 spiro atoms. The zero-order valence-electron chi connectivity index (χ0n) is 9.46. The molecule has 2 N–H and O–H groups in total. The predicted octanol–water partition coefficient (Wildman–Crippen LogP) is -0.720. The highest BCUT2D eigenvalue weighted by Gasteiger charge is 2.40. The number of carbonyl (C=O) groups excluding carboxylic acids is 1. The van der Waals surface area contributed by atoms with E-state index in [9.17, 15) is 9.90 Å². The van der Waals surface area contributed by atoms with E-state index in [2.05, 4.69) is 0 Å². The molecule has 0 saturated carbocycles. The maximum Gasteiger partial charge on any atom is 0.306 e. The number of hydrogen-bond donors (Lipinski definition) is 2. The summed E-state index contributed by atoms with van der Waals surface area (Å²) >= 11 is 0. The van der Waals surface area contributed by atoms with E-state index < -0.39 is 24.4 Å². The fourth-order valence-electron chi connectivity index (χ4n) is 1.85. The van der Waals surface area contributed by atoms with Crippen LogP contribution in [0, 0.1) is 5.92 Å². The topological polar surface area (TPSA) is 85.2 Å². The fourth-order valence-corrected chi connectivity index (χ4v) is 1.85. The first-order valence-corrected chi connectivity index (χ1v) is 5.16. The molecule has 0 aromatic heterocycles. The third-order valence-corrected chi connectivity index (χ3v) is 2.79. The Kier molecular flexibility index (Phi) is 5.14. The quantitative estimate of drug-likeness (QED) is 0.466. The molecular formula is C10H18O6. The summed E-state index contributed by atoms with van der Waals surface area (Å²) in [7, 11) is 2.98. The summed E-state index contributed by atoms with van der Waals surface area (Å²) in [6, 6.07) is 0. The van der Waals surface area contributed by atoms with Crippen molar-refractivity contribution in [3.63, 3.8) is 0 Å². The number of aliphatic hydroxyl groups is 2. The zero-order valence-corrected chi connectivity index (χ0v) is 9.46. The minimum absolute atomic E-state index is 0.118. The maximum absolute atomic E-state index is 11.1. The van der Waals surface area contributed by atoms with Crippen molar-refractivity contribution >= 4 is 5.97 Å². The molecule has 1 aliphatic heterocycles. The Labute approximate surface area is 94.1 Å². The van der Waals surface area contributed by atoms with Gasteiger partial charge in [0.05, 0.1) is 19.1 Å². The second kappa shape index (κ2) is 6.15. The van der Waals surface area contributed by atoms with E-state index in [1.165, 1.54) is 14.2 Å². The second-order valence-electron chi connectivity index (χ2n) is 3.78. The first kappa shape index (κ1) is 13.4. The number of rotatable bonds is 6. The average Bonchev–Trinajstić information content (AvgIpc) is 2.66. The van der Waals surface area contributed by atoms with Gasteiger partial charge in [0.1, 0.15) is 6.10 Å². The number of ether oxygens (including phenoxy) is 3. The third kappa shape index (κ3) is 3.15. The van der Waals surface area contributed by atoms with Crippen LogP contribution in [0.4, 0.5) is 0 Å². The maximum atomic E-state index is 11.1. The normalized spacial score (nSPS) is 27.2. The number of carbonyl (C=O) groups is 1. The van der Waals surface area contributed by atoms with E-state index in [4.69, 9.17) is 19.3 Å². The van der Waals surface area contributed by atoms with Crippen LogP contribution >= 0.6 is 0 Å². The van der Waals surface area contributed by atoms with Gasteiger partial charge in [-0.1, -0.05) is 0 Å². The van der Waals surface area contributed by atoms with Crippen molar-refractivity contribution < 1.29 is 29.2 Å². The van der Waals surface area contributed by atoms with E-state index in [1.54, 1.807) is 0 Å². The fraction of sp³-hybridized carbons (Fsp3) is 0.900. The van der Waals surface area contributed by atoms with Crippen molar-refractivity contribution in [2.75, 3.05) is 20.8 Å². The van der Waals surface area contributed by atoms with Gasteiger partial charge in [-0.25, -0.2) is 0 Å². The summed E-state index contributed by atoms with van der Waals surface area (Å²) in [6.07, 6.45) is -1.44. The summed E-state index contributed by atoms with van der Waals surface area (Å²) in [4.78, 5) is 11.1. The molecule has 1 aliphatic rings. The van der Waals surface area contributed by atoms with E-state index in [-0.39, 0.29) is 19.0 Å². The van der Waals surface area contributed by atoms with Crippen LogP contribution in [-0.4, -0.2) is 55.5 Å². The SMILES string of the molecule is COC(C[C@H]1OC(=O)C[C@@H]1[C@H](O)CO)OC. The first-order chi connectivity index (χ1) is 7.62. The molecule has 0 aromatic rings. The molecule has 6 nitrogen and oxygen atoms in total. The summed E-state index contributed by atoms with van der Waals surface area (Å²) < 4.78 is 15.1. The van der Waals surface area contributed by atoms with Crippen molar-refractivity contribution in [2.45, 2.75) is 31.3 Å². The van der Waals surface area contributed by atoms with Gasteiger partial charge in [-0.05, 0) is 0 Å². The van der Waals surface area contributed by atoms with Gasteiger partial charge in [0, 0.05) is 26.6 Å². The molecule has 0 aliphatic carbocycles. The van der Waals surface area contributed by atoms with Gasteiger partial charge in [-0.2, -0.15) is 0 Å². The predicted molar refractivity (Wildman–Crippen MR) is 53.5 cm³/mol. The third-order valence-electron chi connectivity index (χ3n) is 2.79. The molecule has 0 amide bonds. The summed E-state index contributed by atoms with van der Waals surface area (Å²) in [5, 5.41) is 18.4. The highest BCUT2D eigenvalue weighted by atomic mass is 16.7. The first-order valence-electron chi connectivity index (χ1n) is 5.16. The highest BCUT2D eigenvalue weighted by Crippen LogP contribution is 2.29. The molecule has 0 bridgehead atoms. The van der Waals surface area contributed by atoms with Gasteiger partial charge in [-0.15, -0.1) is 0 Å². The van der Waals surface area contributed by atoms with Gasteiger partial charge in [0.25, 0.3) is 0 Å². The summed E-state index contributed by atoms with van der Waals surface area (Å²) in [6.45, 7) is -0.386. The monoisotopic (exact) mass is 234 g/mol. The Morgan fingerprint density at radius 3 is 2.62 bits per heavy atom. The van der Waals surface area contributed by atoms with Crippen LogP contribution in [0.3, 0.4) is 0 Å². The van der Waals surface area contributed by atoms with Gasteiger partial charge >= 0.3 is 5.97 Å². The van der Waals surface area contributed by atoms with Gasteiger partial charge in [-0.3, -0.25) is 4.79 Å². The molecular weight excluding hydrogens is 216 g/mol. The minimum Gasteiger partial charge on any atom is -0.462 e. The van der Waals surface area contributed by atoms with Crippen LogP contribution < -0.4 is 0 Å². The minimum atomic E-state index is -0.953. The lowest BCUT2D eigenvalue weighted by molar-refractivity contribution is -0.152. The van der Waals surface area contributed by atoms with Crippen LogP contribution in [0.15, 0.2) is 0 Å². The lowest BCUT2D eigenvalue weighted by atomic mass is 9.93. The number of hydrogen-bond acceptors (Lipinski definition) is 6. The van der Waals surface area contributed by atoms with E-state index in [0.29, 0.717) is 6.42 Å². The average molecular weight is 234 g/mol. The Balaban J connectivity index is 2.58. The smallest absolute Gasteiger partial charge is 0.306 e. The van der Waals surface area contributed by atoms with E-state index >= 15 is 0 Å². The highest BCUT2D eigenvalue weighted by molar-refractivity contribution is 5.72. The van der Waals surface area contributed by atoms with Crippen LogP contribution in [0.1, 0.15) is 12.8 Å². The molecule has 1 rings (SSSR count). The number of cyclic esters (lactones) is 1. The van der Waals surface area contributed by atoms with Crippen molar-refractivity contribution in [1.82, 2.24) is 0 Å². The van der Waals surface area contributed by atoms with Crippen LogP contribution in [0.5, 0.6) is 0 Å². The lowest BCUT2D eigenvalue weighted by Gasteiger charge is -2.24. The zero-order chi connectivity index (χ0) is 12.1. The second-order valence-corrected chi connectivity index (χ2v) is 3.78. The molecule has 0 radical (unpaired) electrons. The van der Waals surface area contributed by atoms with Crippen LogP contribution in [0.2, 0.25) is 0 Å². The summed E-state index contributed by atoms with van der Waals surface area (Å²) in [5.74, 6) is -0.765. The molecule has 1 heterocycles. The Morgan fingerprint density at radius 1 is 1.50 bits per heavy atom. The van der Waals surface area contributed by atoms with Gasteiger partial charge in [0.2, 0.25) is 0 Å².